The first-order chi connectivity index (χ1) is 14.4. The SMILES string of the molecule is CCCS(=O)(=O)c1ccc(F)c(C#Cc2cc(Cl)ccc2OCC(=O)OC(C)(C)C)c1. The van der Waals surface area contributed by atoms with Crippen molar-refractivity contribution in [2.45, 2.75) is 44.6 Å². The quantitative estimate of drug-likeness (QED) is 0.348. The third kappa shape index (κ3) is 7.57. The Kier molecular flexibility index (Phi) is 8.10. The number of carbonyl (C=O) groups excluding carboxylic acids is 1. The molecule has 31 heavy (non-hydrogen) atoms. The predicted octanol–water partition coefficient (Wildman–Crippen LogP) is 4.78. The Hall–Kier alpha value is -2.56. The van der Waals surface area contributed by atoms with Crippen molar-refractivity contribution in [2.75, 3.05) is 12.4 Å². The zero-order valence-corrected chi connectivity index (χ0v) is 19.4. The summed E-state index contributed by atoms with van der Waals surface area (Å²) in [5.74, 6) is 4.40. The van der Waals surface area contributed by atoms with Crippen LogP contribution in [0.15, 0.2) is 41.3 Å². The van der Waals surface area contributed by atoms with Gasteiger partial charge in [-0.1, -0.05) is 30.4 Å². The van der Waals surface area contributed by atoms with Gasteiger partial charge in [0.15, 0.2) is 16.4 Å². The van der Waals surface area contributed by atoms with Crippen LogP contribution in [-0.2, 0) is 19.4 Å². The van der Waals surface area contributed by atoms with Gasteiger partial charge in [0.2, 0.25) is 0 Å². The molecule has 0 amide bonds. The number of rotatable bonds is 6. The summed E-state index contributed by atoms with van der Waals surface area (Å²) in [6.07, 6.45) is 0.446. The zero-order chi connectivity index (χ0) is 23.2. The van der Waals surface area contributed by atoms with Crippen LogP contribution in [0.3, 0.4) is 0 Å². The van der Waals surface area contributed by atoms with Crippen LogP contribution in [0.2, 0.25) is 5.02 Å². The number of carbonyl (C=O) groups is 1. The standard InChI is InChI=1S/C23H24ClFO5S/c1-5-12-31(27,28)19-9-10-20(25)16(14-19)6-7-17-13-18(24)8-11-21(17)29-15-22(26)30-23(2,3)4/h8-11,13-14H,5,12,15H2,1-4H3. The minimum absolute atomic E-state index is 0.00698. The van der Waals surface area contributed by atoms with E-state index in [-0.39, 0.29) is 28.6 Å². The van der Waals surface area contributed by atoms with E-state index in [9.17, 15) is 17.6 Å². The van der Waals surface area contributed by atoms with Gasteiger partial charge in [-0.2, -0.15) is 0 Å². The molecule has 0 heterocycles. The first-order valence-electron chi connectivity index (χ1n) is 9.60. The molecule has 5 nitrogen and oxygen atoms in total. The van der Waals surface area contributed by atoms with Crippen molar-refractivity contribution < 1.29 is 27.1 Å². The number of ether oxygens (including phenoxy) is 2. The topological polar surface area (TPSA) is 69.7 Å². The fourth-order valence-electron chi connectivity index (χ4n) is 2.55. The van der Waals surface area contributed by atoms with Crippen LogP contribution in [0.5, 0.6) is 5.75 Å². The Morgan fingerprint density at radius 3 is 2.42 bits per heavy atom. The van der Waals surface area contributed by atoms with Gasteiger partial charge < -0.3 is 9.47 Å². The van der Waals surface area contributed by atoms with Crippen molar-refractivity contribution in [3.05, 3.63) is 58.4 Å². The summed E-state index contributed by atoms with van der Waals surface area (Å²) in [5.41, 5.74) is -0.406. The van der Waals surface area contributed by atoms with E-state index >= 15 is 0 Å². The summed E-state index contributed by atoms with van der Waals surface area (Å²) in [4.78, 5) is 11.9. The maximum absolute atomic E-state index is 14.2. The lowest BCUT2D eigenvalue weighted by Gasteiger charge is -2.19. The molecule has 0 saturated carbocycles. The molecule has 0 radical (unpaired) electrons. The van der Waals surface area contributed by atoms with Gasteiger partial charge in [-0.05, 0) is 63.6 Å². The Bertz CT molecular complexity index is 1120. The largest absolute Gasteiger partial charge is 0.481 e. The highest BCUT2D eigenvalue weighted by Gasteiger charge is 2.17. The second-order valence-corrected chi connectivity index (χ2v) is 10.3. The van der Waals surface area contributed by atoms with E-state index in [2.05, 4.69) is 11.8 Å². The van der Waals surface area contributed by atoms with Crippen LogP contribution in [0.1, 0.15) is 45.2 Å². The molecule has 0 unspecified atom stereocenters. The lowest BCUT2D eigenvalue weighted by atomic mass is 10.1. The Balaban J connectivity index is 2.32. The minimum Gasteiger partial charge on any atom is -0.481 e. The molecule has 0 bridgehead atoms. The van der Waals surface area contributed by atoms with Crippen molar-refractivity contribution in [1.82, 2.24) is 0 Å². The van der Waals surface area contributed by atoms with Gasteiger partial charge >= 0.3 is 5.97 Å². The Morgan fingerprint density at radius 1 is 1.10 bits per heavy atom. The van der Waals surface area contributed by atoms with Gasteiger partial charge in [-0.25, -0.2) is 17.6 Å². The molecule has 0 aliphatic heterocycles. The molecule has 0 N–H and O–H groups in total. The van der Waals surface area contributed by atoms with Crippen molar-refractivity contribution >= 4 is 27.4 Å². The molecule has 2 rings (SSSR count). The summed E-state index contributed by atoms with van der Waals surface area (Å²) >= 11 is 6.03. The number of hydrogen-bond donors (Lipinski definition) is 0. The highest BCUT2D eigenvalue weighted by molar-refractivity contribution is 7.91. The predicted molar refractivity (Wildman–Crippen MR) is 118 cm³/mol. The van der Waals surface area contributed by atoms with E-state index in [1.807, 2.05) is 0 Å². The maximum atomic E-state index is 14.2. The van der Waals surface area contributed by atoms with Crippen molar-refractivity contribution in [2.24, 2.45) is 0 Å². The maximum Gasteiger partial charge on any atom is 0.344 e. The summed E-state index contributed by atoms with van der Waals surface area (Å²) in [5, 5.41) is 0.369. The van der Waals surface area contributed by atoms with Crippen LogP contribution in [-0.4, -0.2) is 32.3 Å². The van der Waals surface area contributed by atoms with Gasteiger partial charge in [0.05, 0.1) is 21.8 Å². The summed E-state index contributed by atoms with van der Waals surface area (Å²) < 4.78 is 49.5. The van der Waals surface area contributed by atoms with Crippen LogP contribution in [0.4, 0.5) is 4.39 Å². The Labute approximate surface area is 187 Å². The second-order valence-electron chi connectivity index (χ2n) is 7.73. The lowest BCUT2D eigenvalue weighted by Crippen LogP contribution is -2.27. The zero-order valence-electron chi connectivity index (χ0n) is 17.8. The van der Waals surface area contributed by atoms with Crippen molar-refractivity contribution in [3.63, 3.8) is 0 Å². The first-order valence-corrected chi connectivity index (χ1v) is 11.6. The molecule has 0 atom stereocenters. The highest BCUT2D eigenvalue weighted by atomic mass is 35.5. The van der Waals surface area contributed by atoms with E-state index in [0.717, 1.165) is 6.07 Å². The molecule has 0 saturated heterocycles. The summed E-state index contributed by atoms with van der Waals surface area (Å²) in [6.45, 7) is 6.64. The molecule has 2 aromatic carbocycles. The highest BCUT2D eigenvalue weighted by Crippen LogP contribution is 2.23. The first kappa shape index (κ1) is 24.7. The summed E-state index contributed by atoms with van der Waals surface area (Å²) in [7, 11) is -3.51. The fourth-order valence-corrected chi connectivity index (χ4v) is 4.07. The van der Waals surface area contributed by atoms with E-state index < -0.39 is 27.2 Å². The number of benzene rings is 2. The minimum atomic E-state index is -3.51. The van der Waals surface area contributed by atoms with E-state index in [1.165, 1.54) is 24.3 Å². The molecule has 0 aliphatic rings. The second kappa shape index (κ2) is 10.2. The lowest BCUT2D eigenvalue weighted by molar-refractivity contribution is -0.157. The van der Waals surface area contributed by atoms with E-state index in [4.69, 9.17) is 21.1 Å². The smallest absolute Gasteiger partial charge is 0.344 e. The molecule has 0 fully saturated rings. The van der Waals surface area contributed by atoms with Crippen molar-refractivity contribution in [1.29, 1.82) is 0 Å². The van der Waals surface area contributed by atoms with Gasteiger partial charge in [0.25, 0.3) is 0 Å². The van der Waals surface area contributed by atoms with Gasteiger partial charge in [0, 0.05) is 5.02 Å². The fraction of sp³-hybridized carbons (Fsp3) is 0.348. The molecule has 2 aromatic rings. The van der Waals surface area contributed by atoms with E-state index in [1.54, 1.807) is 33.8 Å². The summed E-state index contributed by atoms with van der Waals surface area (Å²) in [6, 6.07) is 8.11. The van der Waals surface area contributed by atoms with E-state index in [0.29, 0.717) is 17.0 Å². The van der Waals surface area contributed by atoms with Crippen molar-refractivity contribution in [3.8, 4) is 17.6 Å². The Morgan fingerprint density at radius 2 is 1.77 bits per heavy atom. The van der Waals surface area contributed by atoms with Crippen LogP contribution in [0.25, 0.3) is 0 Å². The number of halogens is 2. The molecule has 0 spiro atoms. The molecular weight excluding hydrogens is 443 g/mol. The number of esters is 1. The van der Waals surface area contributed by atoms with Gasteiger partial charge in [-0.3, -0.25) is 0 Å². The molecule has 166 valence electrons. The number of sulfone groups is 1. The van der Waals surface area contributed by atoms with Crippen LogP contribution in [0, 0.1) is 17.7 Å². The monoisotopic (exact) mass is 466 g/mol. The average molecular weight is 467 g/mol. The third-order valence-corrected chi connectivity index (χ3v) is 5.96. The normalized spacial score (nSPS) is 11.4. The van der Waals surface area contributed by atoms with Gasteiger partial charge in [-0.15, -0.1) is 0 Å². The van der Waals surface area contributed by atoms with Crippen LogP contribution < -0.4 is 4.74 Å². The molecule has 8 heteroatoms. The van der Waals surface area contributed by atoms with Gasteiger partial charge in [0.1, 0.15) is 17.2 Å². The molecular formula is C23H24ClFO5S. The third-order valence-electron chi connectivity index (χ3n) is 3.81. The molecule has 0 aromatic heterocycles. The van der Waals surface area contributed by atoms with Crippen LogP contribution >= 0.6 is 11.6 Å². The number of hydrogen-bond acceptors (Lipinski definition) is 5. The molecule has 0 aliphatic carbocycles. The average Bonchev–Trinajstić information content (AvgIpc) is 2.65.